The van der Waals surface area contributed by atoms with E-state index in [9.17, 15) is 9.59 Å². The smallest absolute Gasteiger partial charge is 0.253 e. The number of rotatable bonds is 5. The number of ether oxygens (including phenoxy) is 1. The number of piperazine rings is 1. The molecule has 1 fully saturated rings. The van der Waals surface area contributed by atoms with Crippen molar-refractivity contribution in [2.75, 3.05) is 39.3 Å². The Labute approximate surface area is 170 Å². The summed E-state index contributed by atoms with van der Waals surface area (Å²) in [5.74, 6) is 0.844. The normalized spacial score (nSPS) is 16.4. The van der Waals surface area contributed by atoms with Crippen LogP contribution in [0.5, 0.6) is 5.75 Å². The van der Waals surface area contributed by atoms with Gasteiger partial charge in [0.25, 0.3) is 5.91 Å². The highest BCUT2D eigenvalue weighted by molar-refractivity contribution is 5.99. The number of nitrogens with one attached hydrogen (secondary N) is 1. The lowest BCUT2D eigenvalue weighted by molar-refractivity contribution is -0.129. The standard InChI is InChI=1S/C23H25N3O3/c27-22(24-15-18-6-2-1-3-7-18)16-25-10-12-26(13-11-25)23(28)20-14-19-8-4-5-9-21(19)29-17-20/h1-9,14H,10-13,15-17H2,(H,24,27). The number of hydrogen-bond donors (Lipinski definition) is 1. The van der Waals surface area contributed by atoms with E-state index < -0.39 is 0 Å². The molecule has 2 amide bonds. The van der Waals surface area contributed by atoms with Gasteiger partial charge in [0.05, 0.1) is 12.1 Å². The Kier molecular flexibility index (Phi) is 5.91. The summed E-state index contributed by atoms with van der Waals surface area (Å²) in [6.45, 7) is 3.80. The van der Waals surface area contributed by atoms with Crippen molar-refractivity contribution < 1.29 is 14.3 Å². The summed E-state index contributed by atoms with van der Waals surface area (Å²) < 4.78 is 5.71. The Morgan fingerprint density at radius 2 is 1.66 bits per heavy atom. The third-order valence-corrected chi connectivity index (χ3v) is 5.27. The number of fused-ring (bicyclic) bond motifs is 1. The first-order chi connectivity index (χ1) is 14.2. The number of nitrogens with zero attached hydrogens (tertiary/aromatic N) is 2. The van der Waals surface area contributed by atoms with Crippen molar-refractivity contribution in [2.45, 2.75) is 6.54 Å². The lowest BCUT2D eigenvalue weighted by atomic mass is 10.1. The predicted octanol–water partition coefficient (Wildman–Crippen LogP) is 1.92. The molecule has 1 saturated heterocycles. The second kappa shape index (κ2) is 8.92. The maximum Gasteiger partial charge on any atom is 0.253 e. The molecular weight excluding hydrogens is 366 g/mol. The maximum atomic E-state index is 12.8. The van der Waals surface area contributed by atoms with E-state index in [0.29, 0.717) is 51.4 Å². The minimum atomic E-state index is 0.00799. The first-order valence-electron chi connectivity index (χ1n) is 9.94. The molecule has 2 heterocycles. The number of para-hydroxylation sites is 1. The highest BCUT2D eigenvalue weighted by atomic mass is 16.5. The highest BCUT2D eigenvalue weighted by Crippen LogP contribution is 2.26. The summed E-state index contributed by atoms with van der Waals surface area (Å²) in [5, 5.41) is 2.95. The Balaban J connectivity index is 1.25. The van der Waals surface area contributed by atoms with E-state index in [4.69, 9.17) is 4.74 Å². The molecule has 0 aromatic heterocycles. The summed E-state index contributed by atoms with van der Waals surface area (Å²) in [4.78, 5) is 29.0. The van der Waals surface area contributed by atoms with Crippen LogP contribution in [0.15, 0.2) is 60.2 Å². The summed E-state index contributed by atoms with van der Waals surface area (Å²) in [5.41, 5.74) is 2.70. The summed E-state index contributed by atoms with van der Waals surface area (Å²) >= 11 is 0. The van der Waals surface area contributed by atoms with E-state index in [1.807, 2.05) is 65.6 Å². The van der Waals surface area contributed by atoms with Gasteiger partial charge < -0.3 is 15.0 Å². The van der Waals surface area contributed by atoms with Crippen LogP contribution in [0.2, 0.25) is 0 Å². The van der Waals surface area contributed by atoms with Gasteiger partial charge in [-0.25, -0.2) is 0 Å². The Morgan fingerprint density at radius 1 is 0.931 bits per heavy atom. The van der Waals surface area contributed by atoms with Crippen LogP contribution in [-0.2, 0) is 16.1 Å². The molecule has 0 radical (unpaired) electrons. The van der Waals surface area contributed by atoms with Crippen molar-refractivity contribution in [1.29, 1.82) is 0 Å². The molecule has 150 valence electrons. The van der Waals surface area contributed by atoms with Gasteiger partial charge in [-0.2, -0.15) is 0 Å². The van der Waals surface area contributed by atoms with Gasteiger partial charge in [0.2, 0.25) is 5.91 Å². The number of amides is 2. The van der Waals surface area contributed by atoms with Crippen LogP contribution in [0.4, 0.5) is 0 Å². The fourth-order valence-corrected chi connectivity index (χ4v) is 3.61. The molecule has 29 heavy (non-hydrogen) atoms. The van der Waals surface area contributed by atoms with Gasteiger partial charge in [-0.1, -0.05) is 48.5 Å². The van der Waals surface area contributed by atoms with Gasteiger partial charge in [-0.3, -0.25) is 14.5 Å². The van der Waals surface area contributed by atoms with E-state index in [1.165, 1.54) is 0 Å². The van der Waals surface area contributed by atoms with E-state index in [2.05, 4.69) is 10.2 Å². The SMILES string of the molecule is O=C(CN1CCN(C(=O)C2=Cc3ccccc3OC2)CC1)NCc1ccccc1. The van der Waals surface area contributed by atoms with Gasteiger partial charge in [-0.05, 0) is 17.7 Å². The first-order valence-corrected chi connectivity index (χ1v) is 9.94. The Bertz CT molecular complexity index is 903. The number of carbonyl (C=O) groups excluding carboxylic acids is 2. The lowest BCUT2D eigenvalue weighted by Gasteiger charge is -2.35. The van der Waals surface area contributed by atoms with Gasteiger partial charge in [0.15, 0.2) is 0 Å². The molecule has 2 aromatic carbocycles. The third-order valence-electron chi connectivity index (χ3n) is 5.27. The molecule has 0 bridgehead atoms. The molecule has 0 atom stereocenters. The lowest BCUT2D eigenvalue weighted by Crippen LogP contribution is -2.51. The molecule has 4 rings (SSSR count). The van der Waals surface area contributed by atoms with Crippen LogP contribution >= 0.6 is 0 Å². The zero-order valence-corrected chi connectivity index (χ0v) is 16.3. The minimum Gasteiger partial charge on any atom is -0.488 e. The average molecular weight is 391 g/mol. The van der Waals surface area contributed by atoms with Crippen LogP contribution in [0.1, 0.15) is 11.1 Å². The molecule has 6 heteroatoms. The van der Waals surface area contributed by atoms with Crippen LogP contribution in [-0.4, -0.2) is 60.9 Å². The van der Waals surface area contributed by atoms with Crippen molar-refractivity contribution in [1.82, 2.24) is 15.1 Å². The van der Waals surface area contributed by atoms with Gasteiger partial charge in [-0.15, -0.1) is 0 Å². The fraction of sp³-hybridized carbons (Fsp3) is 0.304. The molecule has 0 spiro atoms. The second-order valence-corrected chi connectivity index (χ2v) is 7.33. The van der Waals surface area contributed by atoms with Crippen molar-refractivity contribution in [3.63, 3.8) is 0 Å². The van der Waals surface area contributed by atoms with E-state index in [-0.39, 0.29) is 11.8 Å². The number of benzene rings is 2. The summed E-state index contributed by atoms with van der Waals surface area (Å²) in [7, 11) is 0. The molecule has 2 aliphatic heterocycles. The van der Waals surface area contributed by atoms with Crippen molar-refractivity contribution in [3.8, 4) is 5.75 Å². The van der Waals surface area contributed by atoms with Crippen LogP contribution < -0.4 is 10.1 Å². The molecule has 2 aromatic rings. The second-order valence-electron chi connectivity index (χ2n) is 7.33. The molecule has 0 saturated carbocycles. The fourth-order valence-electron chi connectivity index (χ4n) is 3.61. The third kappa shape index (κ3) is 4.84. The molecule has 0 unspecified atom stereocenters. The minimum absolute atomic E-state index is 0.00799. The Morgan fingerprint density at radius 3 is 2.45 bits per heavy atom. The van der Waals surface area contributed by atoms with Crippen LogP contribution in [0.25, 0.3) is 6.08 Å². The topological polar surface area (TPSA) is 61.9 Å². The molecule has 0 aliphatic carbocycles. The molecule has 6 nitrogen and oxygen atoms in total. The number of carbonyl (C=O) groups is 2. The molecule has 1 N–H and O–H groups in total. The summed E-state index contributed by atoms with van der Waals surface area (Å²) in [6, 6.07) is 17.6. The highest BCUT2D eigenvalue weighted by Gasteiger charge is 2.26. The van der Waals surface area contributed by atoms with Gasteiger partial charge in [0.1, 0.15) is 12.4 Å². The van der Waals surface area contributed by atoms with E-state index in [0.717, 1.165) is 16.9 Å². The maximum absolute atomic E-state index is 12.8. The molecule has 2 aliphatic rings. The average Bonchev–Trinajstić information content (AvgIpc) is 2.78. The van der Waals surface area contributed by atoms with Gasteiger partial charge in [0, 0.05) is 38.3 Å². The Hall–Kier alpha value is -3.12. The monoisotopic (exact) mass is 391 g/mol. The zero-order valence-electron chi connectivity index (χ0n) is 16.3. The largest absolute Gasteiger partial charge is 0.488 e. The van der Waals surface area contributed by atoms with Crippen molar-refractivity contribution >= 4 is 17.9 Å². The van der Waals surface area contributed by atoms with Crippen LogP contribution in [0.3, 0.4) is 0 Å². The van der Waals surface area contributed by atoms with Crippen molar-refractivity contribution in [2.24, 2.45) is 0 Å². The zero-order chi connectivity index (χ0) is 20.1. The molecular formula is C23H25N3O3. The first kappa shape index (κ1) is 19.2. The van der Waals surface area contributed by atoms with Crippen molar-refractivity contribution in [3.05, 3.63) is 71.3 Å². The van der Waals surface area contributed by atoms with Crippen LogP contribution in [0, 0.1) is 0 Å². The van der Waals surface area contributed by atoms with E-state index in [1.54, 1.807) is 0 Å². The predicted molar refractivity (Wildman–Crippen MR) is 111 cm³/mol. The number of hydrogen-bond acceptors (Lipinski definition) is 4. The quantitative estimate of drug-likeness (QED) is 0.846. The van der Waals surface area contributed by atoms with Gasteiger partial charge >= 0.3 is 0 Å². The van der Waals surface area contributed by atoms with E-state index >= 15 is 0 Å². The summed E-state index contributed by atoms with van der Waals surface area (Å²) in [6.07, 6.45) is 1.92.